The molecule has 32 heavy (non-hydrogen) atoms. The molecule has 2 aromatic rings. The van der Waals surface area contributed by atoms with E-state index in [2.05, 4.69) is 10.2 Å². The predicted octanol–water partition coefficient (Wildman–Crippen LogP) is 4.03. The van der Waals surface area contributed by atoms with E-state index in [4.69, 9.17) is 5.11 Å². The fourth-order valence-electron chi connectivity index (χ4n) is 4.96. The van der Waals surface area contributed by atoms with Crippen LogP contribution in [0, 0.1) is 11.8 Å². The zero-order valence-electron chi connectivity index (χ0n) is 17.2. The summed E-state index contributed by atoms with van der Waals surface area (Å²) in [5.41, 5.74) is 0.721. The zero-order chi connectivity index (χ0) is 22.7. The molecule has 2 aliphatic carbocycles. The van der Waals surface area contributed by atoms with E-state index in [1.807, 2.05) is 0 Å². The summed E-state index contributed by atoms with van der Waals surface area (Å²) in [5.74, 6) is -0.295. The molecular weight excluding hydrogens is 421 g/mol. The molecule has 0 radical (unpaired) electrons. The number of hydrogen-bond donors (Lipinski definition) is 2. The number of likely N-dealkylation sites (tertiary alicyclic amines) is 1. The highest BCUT2D eigenvalue weighted by molar-refractivity contribution is 5.88. The Morgan fingerprint density at radius 1 is 1.06 bits per heavy atom. The van der Waals surface area contributed by atoms with Crippen LogP contribution in [0.1, 0.15) is 46.3 Å². The van der Waals surface area contributed by atoms with Crippen LogP contribution in [0.2, 0.25) is 0 Å². The van der Waals surface area contributed by atoms with E-state index in [-0.39, 0.29) is 23.4 Å². The Morgan fingerprint density at radius 2 is 1.72 bits per heavy atom. The third-order valence-corrected chi connectivity index (χ3v) is 6.98. The summed E-state index contributed by atoms with van der Waals surface area (Å²) in [6.45, 7) is 1.20. The van der Waals surface area contributed by atoms with Gasteiger partial charge < -0.3 is 10.4 Å². The van der Waals surface area contributed by atoms with Crippen molar-refractivity contribution in [3.8, 4) is 0 Å². The third-order valence-electron chi connectivity index (χ3n) is 6.98. The molecule has 2 aromatic carbocycles. The van der Waals surface area contributed by atoms with Gasteiger partial charge in [-0.3, -0.25) is 9.69 Å². The maximum Gasteiger partial charge on any atom is 0.416 e. The van der Waals surface area contributed by atoms with Gasteiger partial charge in [-0.1, -0.05) is 24.3 Å². The number of alkyl halides is 3. The molecule has 168 valence electrons. The number of carbonyl (C=O) groups is 2. The van der Waals surface area contributed by atoms with Crippen molar-refractivity contribution >= 4 is 11.9 Å². The van der Waals surface area contributed by atoms with Crippen LogP contribution in [0.4, 0.5) is 13.2 Å². The number of amides is 1. The van der Waals surface area contributed by atoms with Crippen LogP contribution in [0.25, 0.3) is 0 Å². The second kappa shape index (κ2) is 7.33. The number of nitrogens with one attached hydrogen (secondary N) is 1. The van der Waals surface area contributed by atoms with E-state index in [0.717, 1.165) is 49.1 Å². The maximum absolute atomic E-state index is 13.3. The number of nitrogens with zero attached hydrogens (tertiary/aromatic N) is 1. The van der Waals surface area contributed by atoms with Gasteiger partial charge in [0.05, 0.1) is 22.7 Å². The molecule has 1 saturated heterocycles. The molecule has 2 saturated carbocycles. The minimum Gasteiger partial charge on any atom is -0.478 e. The summed E-state index contributed by atoms with van der Waals surface area (Å²) in [6.07, 6.45) is -1.77. The number of fused-ring (bicyclic) bond motifs is 1. The number of piperidine rings is 1. The third kappa shape index (κ3) is 3.88. The maximum atomic E-state index is 13.3. The van der Waals surface area contributed by atoms with Gasteiger partial charge in [0.25, 0.3) is 0 Å². The van der Waals surface area contributed by atoms with Gasteiger partial charge in [-0.25, -0.2) is 4.79 Å². The summed E-state index contributed by atoms with van der Waals surface area (Å²) in [7, 11) is 0. The van der Waals surface area contributed by atoms with Crippen molar-refractivity contribution in [3.63, 3.8) is 0 Å². The van der Waals surface area contributed by atoms with Crippen molar-refractivity contribution in [2.24, 2.45) is 11.8 Å². The Balaban J connectivity index is 1.28. The molecular formula is C24H23F3N2O3. The number of carbonyl (C=O) groups excluding carboxylic acids is 1. The van der Waals surface area contributed by atoms with Gasteiger partial charge in [-0.15, -0.1) is 0 Å². The quantitative estimate of drug-likeness (QED) is 0.706. The Morgan fingerprint density at radius 3 is 2.28 bits per heavy atom. The highest BCUT2D eigenvalue weighted by atomic mass is 19.4. The second-order valence-electron chi connectivity index (χ2n) is 9.18. The average molecular weight is 444 g/mol. The molecule has 1 amide bonds. The topological polar surface area (TPSA) is 69.6 Å². The van der Waals surface area contributed by atoms with Crippen LogP contribution in [0.3, 0.4) is 0 Å². The molecule has 3 fully saturated rings. The van der Waals surface area contributed by atoms with E-state index in [0.29, 0.717) is 12.5 Å². The highest BCUT2D eigenvalue weighted by Gasteiger charge is 2.57. The lowest BCUT2D eigenvalue weighted by Gasteiger charge is -2.29. The minimum absolute atomic E-state index is 0.0540. The standard InChI is InChI=1S/C24H23F3N2O3/c25-24(26,27)18-5-1-14(2-6-18)12-29-13-16-11-19(16)20(29)21(30)28-23(9-10-23)17-7-3-15(4-8-17)22(31)32/h1-8,16,19-20H,9-13H2,(H,28,30)(H,31,32). The van der Waals surface area contributed by atoms with Crippen molar-refractivity contribution in [1.82, 2.24) is 10.2 Å². The van der Waals surface area contributed by atoms with Crippen LogP contribution >= 0.6 is 0 Å². The van der Waals surface area contributed by atoms with Gasteiger partial charge in [-0.05, 0) is 66.5 Å². The van der Waals surface area contributed by atoms with Gasteiger partial charge in [0, 0.05) is 13.1 Å². The fraction of sp³-hybridized carbons (Fsp3) is 0.417. The fourth-order valence-corrected chi connectivity index (χ4v) is 4.96. The predicted molar refractivity (Wildman–Crippen MR) is 110 cm³/mol. The van der Waals surface area contributed by atoms with E-state index < -0.39 is 23.2 Å². The number of benzene rings is 2. The Hall–Kier alpha value is -2.87. The molecule has 0 bridgehead atoms. The molecule has 0 spiro atoms. The van der Waals surface area contributed by atoms with Gasteiger partial charge in [-0.2, -0.15) is 13.2 Å². The number of halogens is 3. The van der Waals surface area contributed by atoms with Crippen molar-refractivity contribution in [2.75, 3.05) is 6.54 Å². The summed E-state index contributed by atoms with van der Waals surface area (Å²) in [5, 5.41) is 12.3. The van der Waals surface area contributed by atoms with E-state index in [1.165, 1.54) is 12.1 Å². The van der Waals surface area contributed by atoms with Crippen molar-refractivity contribution < 1.29 is 27.9 Å². The SMILES string of the molecule is O=C(O)c1ccc(C2(NC(=O)C3C4CC4CN3Cc3ccc(C(F)(F)F)cc3)CC2)cc1. The first-order valence-corrected chi connectivity index (χ1v) is 10.7. The molecule has 8 heteroatoms. The van der Waals surface area contributed by atoms with Crippen LogP contribution in [-0.4, -0.2) is 34.5 Å². The molecule has 3 unspecified atom stereocenters. The van der Waals surface area contributed by atoms with Crippen LogP contribution in [-0.2, 0) is 23.1 Å². The molecule has 5 rings (SSSR count). The first-order chi connectivity index (χ1) is 15.2. The van der Waals surface area contributed by atoms with E-state index >= 15 is 0 Å². The van der Waals surface area contributed by atoms with Crippen LogP contribution < -0.4 is 5.32 Å². The number of aromatic carboxylic acids is 1. The van der Waals surface area contributed by atoms with Crippen molar-refractivity contribution in [3.05, 3.63) is 70.8 Å². The largest absolute Gasteiger partial charge is 0.478 e. The summed E-state index contributed by atoms with van der Waals surface area (Å²) >= 11 is 0. The van der Waals surface area contributed by atoms with Crippen molar-refractivity contribution in [1.29, 1.82) is 0 Å². The molecule has 1 aliphatic heterocycles. The molecule has 0 aromatic heterocycles. The number of carboxylic acid groups (broad SMARTS) is 1. The van der Waals surface area contributed by atoms with E-state index in [9.17, 15) is 22.8 Å². The number of rotatable bonds is 6. The summed E-state index contributed by atoms with van der Waals surface area (Å²) < 4.78 is 38.5. The van der Waals surface area contributed by atoms with Crippen LogP contribution in [0.15, 0.2) is 48.5 Å². The Kier molecular flexibility index (Phi) is 4.81. The van der Waals surface area contributed by atoms with Gasteiger partial charge in [0.2, 0.25) is 5.91 Å². The Bertz CT molecular complexity index is 1050. The second-order valence-corrected chi connectivity index (χ2v) is 9.18. The van der Waals surface area contributed by atoms with Gasteiger partial charge in [0.1, 0.15) is 0 Å². The van der Waals surface area contributed by atoms with Gasteiger partial charge in [0.15, 0.2) is 0 Å². The lowest BCUT2D eigenvalue weighted by molar-refractivity contribution is -0.137. The molecule has 2 N–H and O–H groups in total. The monoisotopic (exact) mass is 444 g/mol. The first kappa shape index (κ1) is 21.0. The number of carboxylic acids is 1. The number of hydrogen-bond acceptors (Lipinski definition) is 3. The molecule has 3 aliphatic rings. The first-order valence-electron chi connectivity index (χ1n) is 10.7. The summed E-state index contributed by atoms with van der Waals surface area (Å²) in [4.78, 5) is 26.4. The van der Waals surface area contributed by atoms with Gasteiger partial charge >= 0.3 is 12.1 Å². The van der Waals surface area contributed by atoms with Crippen LogP contribution in [0.5, 0.6) is 0 Å². The van der Waals surface area contributed by atoms with E-state index in [1.54, 1.807) is 24.3 Å². The lowest BCUT2D eigenvalue weighted by atomic mass is 10.0. The zero-order valence-corrected chi connectivity index (χ0v) is 17.2. The average Bonchev–Trinajstić information content (AvgIpc) is 3.66. The molecule has 5 nitrogen and oxygen atoms in total. The highest BCUT2D eigenvalue weighted by Crippen LogP contribution is 2.51. The smallest absolute Gasteiger partial charge is 0.416 e. The Labute approximate surface area is 183 Å². The summed E-state index contributed by atoms with van der Waals surface area (Å²) in [6, 6.07) is 11.4. The minimum atomic E-state index is -4.36. The lowest BCUT2D eigenvalue weighted by Crippen LogP contribution is -2.48. The molecule has 1 heterocycles. The normalized spacial score (nSPS) is 25.8. The van der Waals surface area contributed by atoms with Crippen molar-refractivity contribution in [2.45, 2.75) is 43.6 Å². The molecule has 3 atom stereocenters.